The Labute approximate surface area is 168 Å². The van der Waals surface area contributed by atoms with Gasteiger partial charge in [0.1, 0.15) is 42.7 Å². The molecule has 10 atom stereocenters. The molecule has 0 radical (unpaired) electrons. The maximum Gasteiger partial charge on any atom is 0.306 e. The highest BCUT2D eigenvalue weighted by atomic mass is 16.7. The van der Waals surface area contributed by atoms with E-state index < -0.39 is 80.4 Å². The monoisotopic (exact) mass is 424 g/mol. The maximum absolute atomic E-state index is 12.0. The molecule has 0 aliphatic carbocycles. The summed E-state index contributed by atoms with van der Waals surface area (Å²) in [7, 11) is 0. The minimum Gasteiger partial charge on any atom is -0.456 e. The number of carbonyl (C=O) groups is 1. The molecule has 0 aromatic carbocycles. The molecule has 2 aliphatic heterocycles. The summed E-state index contributed by atoms with van der Waals surface area (Å²) in [4.78, 5) is 12.0. The van der Waals surface area contributed by atoms with E-state index in [2.05, 4.69) is 0 Å². The lowest BCUT2D eigenvalue weighted by molar-refractivity contribution is -0.342. The largest absolute Gasteiger partial charge is 0.456 e. The van der Waals surface area contributed by atoms with E-state index in [0.717, 1.165) is 0 Å². The minimum absolute atomic E-state index is 0.0133. The zero-order chi connectivity index (χ0) is 21.9. The van der Waals surface area contributed by atoms with Crippen LogP contribution in [0.25, 0.3) is 0 Å². The van der Waals surface area contributed by atoms with Crippen molar-refractivity contribution in [3.05, 3.63) is 0 Å². The molecule has 0 aromatic rings. The van der Waals surface area contributed by atoms with Gasteiger partial charge in [-0.2, -0.15) is 0 Å². The Morgan fingerprint density at radius 2 is 1.52 bits per heavy atom. The molecular formula is C18H32O11. The smallest absolute Gasteiger partial charge is 0.306 e. The Hall–Kier alpha value is -0.890. The fourth-order valence-electron chi connectivity index (χ4n) is 3.43. The van der Waals surface area contributed by atoms with Crippen LogP contribution in [0.15, 0.2) is 0 Å². The molecule has 0 aromatic heterocycles. The Kier molecular flexibility index (Phi) is 8.76. The Morgan fingerprint density at radius 3 is 2.07 bits per heavy atom. The highest BCUT2D eigenvalue weighted by molar-refractivity contribution is 5.69. The number of aliphatic hydroxyl groups excluding tert-OH is 6. The van der Waals surface area contributed by atoms with Crippen molar-refractivity contribution in [2.45, 2.75) is 88.4 Å². The van der Waals surface area contributed by atoms with Crippen LogP contribution in [0, 0.1) is 5.92 Å². The van der Waals surface area contributed by atoms with Crippen LogP contribution in [-0.4, -0.2) is 111 Å². The summed E-state index contributed by atoms with van der Waals surface area (Å²) in [6, 6.07) is 0. The number of carbonyl (C=O) groups excluding carboxylic acids is 1. The standard InChI is InChI=1S/C18H32O11/c1-7(2)4-11(21)28-17-13(23)9(5-19)27-18(15(17)25)29-16-10(6-20)26-8(3)12(22)14(16)24/h7-10,12-20,22-25H,4-6H2,1-3H3/t8-,9-,10-,12-,13-,14-,15+,16-,17+,18-/m1/s1. The van der Waals surface area contributed by atoms with Crippen molar-refractivity contribution in [2.24, 2.45) is 5.92 Å². The molecule has 0 amide bonds. The van der Waals surface area contributed by atoms with Gasteiger partial charge in [0.25, 0.3) is 0 Å². The van der Waals surface area contributed by atoms with E-state index >= 15 is 0 Å². The van der Waals surface area contributed by atoms with Crippen LogP contribution in [0.5, 0.6) is 0 Å². The van der Waals surface area contributed by atoms with E-state index in [0.29, 0.717) is 0 Å². The number of hydrogen-bond acceptors (Lipinski definition) is 11. The molecule has 6 N–H and O–H groups in total. The molecular weight excluding hydrogens is 392 g/mol. The molecule has 2 rings (SSSR count). The molecule has 170 valence electrons. The third kappa shape index (κ3) is 5.63. The van der Waals surface area contributed by atoms with Crippen LogP contribution < -0.4 is 0 Å². The number of esters is 1. The zero-order valence-electron chi connectivity index (χ0n) is 16.7. The molecule has 0 unspecified atom stereocenters. The second-order valence-corrected chi connectivity index (χ2v) is 7.90. The first-order chi connectivity index (χ1) is 13.6. The van der Waals surface area contributed by atoms with Crippen LogP contribution in [0.1, 0.15) is 27.2 Å². The highest BCUT2D eigenvalue weighted by Crippen LogP contribution is 2.30. The van der Waals surface area contributed by atoms with Crippen LogP contribution in [-0.2, 0) is 23.7 Å². The van der Waals surface area contributed by atoms with Gasteiger partial charge in [0.2, 0.25) is 0 Å². The molecule has 0 saturated carbocycles. The quantitative estimate of drug-likeness (QED) is 0.234. The molecule has 0 bridgehead atoms. The second-order valence-electron chi connectivity index (χ2n) is 7.90. The summed E-state index contributed by atoms with van der Waals surface area (Å²) < 4.78 is 21.5. The average molecular weight is 424 g/mol. The van der Waals surface area contributed by atoms with E-state index in [-0.39, 0.29) is 12.3 Å². The summed E-state index contributed by atoms with van der Waals surface area (Å²) in [6.45, 7) is 3.92. The fraction of sp³-hybridized carbons (Fsp3) is 0.944. The van der Waals surface area contributed by atoms with Crippen LogP contribution in [0.4, 0.5) is 0 Å². The Bertz CT molecular complexity index is 528. The van der Waals surface area contributed by atoms with E-state index in [9.17, 15) is 35.4 Å². The molecule has 2 fully saturated rings. The SMILES string of the molecule is CC(C)CC(=O)O[C@@H]1[C@H](O)[C@@H](O[C@H]2[C@H](O)[C@H](O)[C@@H](C)O[C@@H]2CO)O[C@H](CO)[C@H]1O. The van der Waals surface area contributed by atoms with Gasteiger partial charge < -0.3 is 49.6 Å². The third-order valence-electron chi connectivity index (χ3n) is 5.06. The van der Waals surface area contributed by atoms with E-state index in [1.165, 1.54) is 6.92 Å². The molecule has 2 saturated heterocycles. The lowest BCUT2D eigenvalue weighted by atomic mass is 9.95. The lowest BCUT2D eigenvalue weighted by Crippen LogP contribution is -2.64. The van der Waals surface area contributed by atoms with Crippen molar-refractivity contribution < 1.29 is 54.4 Å². The van der Waals surface area contributed by atoms with Crippen molar-refractivity contribution in [3.8, 4) is 0 Å². The summed E-state index contributed by atoms with van der Waals surface area (Å²) in [5, 5.41) is 60.2. The molecule has 0 spiro atoms. The van der Waals surface area contributed by atoms with Gasteiger partial charge in [-0.05, 0) is 12.8 Å². The van der Waals surface area contributed by atoms with Crippen molar-refractivity contribution in [1.82, 2.24) is 0 Å². The number of aliphatic hydroxyl groups is 6. The first kappa shape index (κ1) is 24.4. The number of hydrogen-bond donors (Lipinski definition) is 6. The molecule has 29 heavy (non-hydrogen) atoms. The molecule has 2 aliphatic rings. The van der Waals surface area contributed by atoms with E-state index in [1.807, 2.05) is 0 Å². The number of rotatable bonds is 7. The highest BCUT2D eigenvalue weighted by Gasteiger charge is 2.51. The first-order valence-electron chi connectivity index (χ1n) is 9.70. The van der Waals surface area contributed by atoms with Crippen molar-refractivity contribution in [2.75, 3.05) is 13.2 Å². The predicted molar refractivity (Wildman–Crippen MR) is 95.4 cm³/mol. The van der Waals surface area contributed by atoms with Gasteiger partial charge in [0, 0.05) is 6.42 Å². The molecule has 11 heteroatoms. The first-order valence-corrected chi connectivity index (χ1v) is 9.70. The molecule has 2 heterocycles. The maximum atomic E-state index is 12.0. The zero-order valence-corrected chi connectivity index (χ0v) is 16.7. The second kappa shape index (κ2) is 10.4. The van der Waals surface area contributed by atoms with Crippen LogP contribution in [0.3, 0.4) is 0 Å². The van der Waals surface area contributed by atoms with Gasteiger partial charge in [0.15, 0.2) is 12.4 Å². The normalized spacial score (nSPS) is 43.4. The molecule has 11 nitrogen and oxygen atoms in total. The van der Waals surface area contributed by atoms with Crippen molar-refractivity contribution >= 4 is 5.97 Å². The van der Waals surface area contributed by atoms with E-state index in [1.54, 1.807) is 13.8 Å². The number of ether oxygens (including phenoxy) is 4. The summed E-state index contributed by atoms with van der Waals surface area (Å²) in [6.07, 6.45) is -13.2. The Morgan fingerprint density at radius 1 is 0.897 bits per heavy atom. The van der Waals surface area contributed by atoms with Gasteiger partial charge in [-0.25, -0.2) is 0 Å². The lowest BCUT2D eigenvalue weighted by Gasteiger charge is -2.46. The van der Waals surface area contributed by atoms with Gasteiger partial charge in [-0.3, -0.25) is 4.79 Å². The summed E-state index contributed by atoms with van der Waals surface area (Å²) >= 11 is 0. The third-order valence-corrected chi connectivity index (χ3v) is 5.06. The predicted octanol–water partition coefficient (Wildman–Crippen LogP) is -2.73. The minimum atomic E-state index is -1.66. The summed E-state index contributed by atoms with van der Waals surface area (Å²) in [5.74, 6) is -0.667. The summed E-state index contributed by atoms with van der Waals surface area (Å²) in [5.41, 5.74) is 0. The van der Waals surface area contributed by atoms with Gasteiger partial charge in [-0.15, -0.1) is 0 Å². The van der Waals surface area contributed by atoms with Gasteiger partial charge in [0.05, 0.1) is 19.3 Å². The van der Waals surface area contributed by atoms with Crippen LogP contribution in [0.2, 0.25) is 0 Å². The average Bonchev–Trinajstić information content (AvgIpc) is 2.66. The van der Waals surface area contributed by atoms with Gasteiger partial charge >= 0.3 is 5.97 Å². The van der Waals surface area contributed by atoms with E-state index in [4.69, 9.17) is 18.9 Å². The van der Waals surface area contributed by atoms with Crippen molar-refractivity contribution in [1.29, 1.82) is 0 Å². The van der Waals surface area contributed by atoms with Crippen molar-refractivity contribution in [3.63, 3.8) is 0 Å². The van der Waals surface area contributed by atoms with Gasteiger partial charge in [-0.1, -0.05) is 13.8 Å². The fourth-order valence-corrected chi connectivity index (χ4v) is 3.43. The Balaban J connectivity index is 2.16. The van der Waals surface area contributed by atoms with Crippen LogP contribution >= 0.6 is 0 Å². The topological polar surface area (TPSA) is 175 Å².